The van der Waals surface area contributed by atoms with Crippen molar-refractivity contribution in [3.8, 4) is 11.5 Å². The molecule has 0 bridgehead atoms. The van der Waals surface area contributed by atoms with E-state index in [4.69, 9.17) is 10.5 Å². The lowest BCUT2D eigenvalue weighted by Gasteiger charge is -2.11. The molecule has 1 atom stereocenters. The van der Waals surface area contributed by atoms with E-state index < -0.39 is 0 Å². The standard InChI is InChI=1S/C11H17NO2.ClH/c1-7-4-10(13)9(5-8(2)12)6-11(7)14-3;/h4,6,8,13H,5,12H2,1-3H3;1H. The third-order valence-electron chi connectivity index (χ3n) is 2.14. The Bertz CT molecular complexity index is 327. The number of hydrogen-bond donors (Lipinski definition) is 2. The number of methoxy groups -OCH3 is 1. The van der Waals surface area contributed by atoms with Crippen LogP contribution >= 0.6 is 12.4 Å². The predicted octanol–water partition coefficient (Wildman–Crippen LogP) is 2.02. The molecule has 0 heterocycles. The van der Waals surface area contributed by atoms with Crippen molar-refractivity contribution >= 4 is 12.4 Å². The highest BCUT2D eigenvalue weighted by Gasteiger charge is 2.08. The normalized spacial score (nSPS) is 11.7. The molecule has 1 aromatic rings. The zero-order valence-corrected chi connectivity index (χ0v) is 10.1. The fourth-order valence-electron chi connectivity index (χ4n) is 1.45. The van der Waals surface area contributed by atoms with Crippen LogP contribution in [0.5, 0.6) is 11.5 Å². The molecule has 0 saturated carbocycles. The molecular weight excluding hydrogens is 214 g/mol. The van der Waals surface area contributed by atoms with Crippen molar-refractivity contribution in [2.24, 2.45) is 5.73 Å². The Morgan fingerprint density at radius 2 is 2.07 bits per heavy atom. The van der Waals surface area contributed by atoms with Crippen LogP contribution < -0.4 is 10.5 Å². The number of halogens is 1. The molecule has 1 aromatic carbocycles. The first kappa shape index (κ1) is 14.1. The van der Waals surface area contributed by atoms with Gasteiger partial charge in [0.25, 0.3) is 0 Å². The van der Waals surface area contributed by atoms with Gasteiger partial charge in [-0.3, -0.25) is 0 Å². The van der Waals surface area contributed by atoms with Gasteiger partial charge < -0.3 is 15.6 Å². The summed E-state index contributed by atoms with van der Waals surface area (Å²) in [5, 5.41) is 9.65. The molecule has 0 aromatic heterocycles. The SMILES string of the molecule is COc1cc(CC(C)N)c(O)cc1C.Cl. The summed E-state index contributed by atoms with van der Waals surface area (Å²) in [4.78, 5) is 0. The average Bonchev–Trinajstić information content (AvgIpc) is 2.09. The molecular formula is C11H18ClNO2. The summed E-state index contributed by atoms with van der Waals surface area (Å²) in [6.45, 7) is 3.81. The van der Waals surface area contributed by atoms with E-state index in [9.17, 15) is 5.11 Å². The highest BCUT2D eigenvalue weighted by Crippen LogP contribution is 2.27. The molecule has 0 spiro atoms. The van der Waals surface area contributed by atoms with E-state index >= 15 is 0 Å². The van der Waals surface area contributed by atoms with Crippen LogP contribution in [0.15, 0.2) is 12.1 Å². The van der Waals surface area contributed by atoms with Crippen LogP contribution in [0.2, 0.25) is 0 Å². The number of aromatic hydroxyl groups is 1. The Balaban J connectivity index is 0.00000196. The van der Waals surface area contributed by atoms with Gasteiger partial charge in [0.2, 0.25) is 0 Å². The first-order valence-electron chi connectivity index (χ1n) is 4.66. The van der Waals surface area contributed by atoms with Gasteiger partial charge in [-0.25, -0.2) is 0 Å². The minimum absolute atomic E-state index is 0. The lowest BCUT2D eigenvalue weighted by atomic mass is 10.0. The van der Waals surface area contributed by atoms with Crippen molar-refractivity contribution in [2.75, 3.05) is 7.11 Å². The van der Waals surface area contributed by atoms with Crippen LogP contribution in [0.25, 0.3) is 0 Å². The number of phenolic OH excluding ortho intramolecular Hbond substituents is 1. The fourth-order valence-corrected chi connectivity index (χ4v) is 1.45. The van der Waals surface area contributed by atoms with Gasteiger partial charge in [-0.2, -0.15) is 0 Å². The van der Waals surface area contributed by atoms with Gasteiger partial charge in [-0.15, -0.1) is 12.4 Å². The van der Waals surface area contributed by atoms with Crippen LogP contribution in [-0.4, -0.2) is 18.3 Å². The molecule has 0 fully saturated rings. The van der Waals surface area contributed by atoms with Gasteiger partial charge in [0, 0.05) is 6.04 Å². The Morgan fingerprint density at radius 1 is 1.47 bits per heavy atom. The summed E-state index contributed by atoms with van der Waals surface area (Å²) in [6.07, 6.45) is 0.655. The van der Waals surface area contributed by atoms with Crippen molar-refractivity contribution in [3.05, 3.63) is 23.3 Å². The summed E-state index contributed by atoms with van der Waals surface area (Å²) in [7, 11) is 1.62. The van der Waals surface area contributed by atoms with Crippen LogP contribution in [0.1, 0.15) is 18.1 Å². The Labute approximate surface area is 96.7 Å². The van der Waals surface area contributed by atoms with Gasteiger partial charge in [0.05, 0.1) is 7.11 Å². The number of hydrogen-bond acceptors (Lipinski definition) is 3. The molecule has 0 amide bonds. The van der Waals surface area contributed by atoms with E-state index in [0.29, 0.717) is 12.2 Å². The topological polar surface area (TPSA) is 55.5 Å². The fraction of sp³-hybridized carbons (Fsp3) is 0.455. The Kier molecular flexibility index (Phi) is 5.47. The van der Waals surface area contributed by atoms with E-state index in [1.807, 2.05) is 19.9 Å². The van der Waals surface area contributed by atoms with Gasteiger partial charge in [-0.05, 0) is 43.5 Å². The molecule has 3 N–H and O–H groups in total. The lowest BCUT2D eigenvalue weighted by Crippen LogP contribution is -2.17. The molecule has 1 unspecified atom stereocenters. The zero-order valence-electron chi connectivity index (χ0n) is 9.28. The molecule has 86 valence electrons. The van der Waals surface area contributed by atoms with Crippen molar-refractivity contribution in [3.63, 3.8) is 0 Å². The average molecular weight is 232 g/mol. The Morgan fingerprint density at radius 3 is 2.53 bits per heavy atom. The monoisotopic (exact) mass is 231 g/mol. The summed E-state index contributed by atoms with van der Waals surface area (Å²) >= 11 is 0. The maximum absolute atomic E-state index is 9.65. The maximum Gasteiger partial charge on any atom is 0.122 e. The Hall–Kier alpha value is -0.930. The van der Waals surface area contributed by atoms with Crippen molar-refractivity contribution in [1.29, 1.82) is 0 Å². The van der Waals surface area contributed by atoms with Crippen molar-refractivity contribution < 1.29 is 9.84 Å². The second-order valence-corrected chi connectivity index (χ2v) is 3.63. The highest BCUT2D eigenvalue weighted by molar-refractivity contribution is 5.85. The number of nitrogens with two attached hydrogens (primary N) is 1. The third kappa shape index (κ3) is 3.61. The number of benzene rings is 1. The molecule has 0 aliphatic heterocycles. The minimum atomic E-state index is 0. The summed E-state index contributed by atoms with van der Waals surface area (Å²) in [5.74, 6) is 1.08. The first-order chi connectivity index (χ1) is 6.54. The second kappa shape index (κ2) is 5.83. The lowest BCUT2D eigenvalue weighted by molar-refractivity contribution is 0.407. The van der Waals surface area contributed by atoms with E-state index in [1.54, 1.807) is 13.2 Å². The van der Waals surface area contributed by atoms with Gasteiger partial charge in [0.1, 0.15) is 11.5 Å². The maximum atomic E-state index is 9.65. The number of aryl methyl sites for hydroxylation is 1. The highest BCUT2D eigenvalue weighted by atomic mass is 35.5. The van der Waals surface area contributed by atoms with Crippen LogP contribution in [0.3, 0.4) is 0 Å². The van der Waals surface area contributed by atoms with E-state index in [0.717, 1.165) is 16.9 Å². The summed E-state index contributed by atoms with van der Waals surface area (Å²) in [5.41, 5.74) is 7.44. The zero-order chi connectivity index (χ0) is 10.7. The number of ether oxygens (including phenoxy) is 1. The number of rotatable bonds is 3. The smallest absolute Gasteiger partial charge is 0.122 e. The molecule has 0 radical (unpaired) electrons. The molecule has 3 nitrogen and oxygen atoms in total. The quantitative estimate of drug-likeness (QED) is 0.837. The summed E-state index contributed by atoms with van der Waals surface area (Å²) in [6, 6.07) is 3.58. The predicted molar refractivity (Wildman–Crippen MR) is 64.0 cm³/mol. The second-order valence-electron chi connectivity index (χ2n) is 3.63. The van der Waals surface area contributed by atoms with E-state index in [2.05, 4.69) is 0 Å². The van der Waals surface area contributed by atoms with Crippen LogP contribution in [0.4, 0.5) is 0 Å². The first-order valence-corrected chi connectivity index (χ1v) is 4.66. The van der Waals surface area contributed by atoms with Crippen LogP contribution in [-0.2, 0) is 6.42 Å². The van der Waals surface area contributed by atoms with Gasteiger partial charge >= 0.3 is 0 Å². The largest absolute Gasteiger partial charge is 0.508 e. The van der Waals surface area contributed by atoms with Gasteiger partial charge in [-0.1, -0.05) is 0 Å². The molecule has 0 aliphatic rings. The molecule has 1 rings (SSSR count). The van der Waals surface area contributed by atoms with E-state index in [-0.39, 0.29) is 18.4 Å². The molecule has 0 aliphatic carbocycles. The van der Waals surface area contributed by atoms with Gasteiger partial charge in [0.15, 0.2) is 0 Å². The van der Waals surface area contributed by atoms with Crippen molar-refractivity contribution in [2.45, 2.75) is 26.3 Å². The summed E-state index contributed by atoms with van der Waals surface area (Å²) < 4.78 is 5.17. The third-order valence-corrected chi connectivity index (χ3v) is 2.14. The molecule has 15 heavy (non-hydrogen) atoms. The molecule has 4 heteroatoms. The van der Waals surface area contributed by atoms with Crippen LogP contribution in [0, 0.1) is 6.92 Å². The van der Waals surface area contributed by atoms with E-state index in [1.165, 1.54) is 0 Å². The molecule has 0 saturated heterocycles. The number of phenols is 1. The minimum Gasteiger partial charge on any atom is -0.508 e. The van der Waals surface area contributed by atoms with Crippen molar-refractivity contribution in [1.82, 2.24) is 0 Å².